The van der Waals surface area contributed by atoms with Gasteiger partial charge in [0, 0.05) is 5.39 Å². The first-order chi connectivity index (χ1) is 13.6. The van der Waals surface area contributed by atoms with Crippen LogP contribution in [-0.2, 0) is 4.74 Å². The van der Waals surface area contributed by atoms with Crippen LogP contribution in [0.3, 0.4) is 0 Å². The van der Waals surface area contributed by atoms with Gasteiger partial charge in [-0.3, -0.25) is 0 Å². The summed E-state index contributed by atoms with van der Waals surface area (Å²) in [5, 5.41) is 14.2. The van der Waals surface area contributed by atoms with Gasteiger partial charge in [-0.05, 0) is 60.2 Å². The number of carbonyl (C=O) groups excluding carboxylic acids is 1. The van der Waals surface area contributed by atoms with Crippen molar-refractivity contribution in [2.75, 3.05) is 6.61 Å². The molecule has 10 heteroatoms. The largest absolute Gasteiger partial charge is 0.462 e. The van der Waals surface area contributed by atoms with E-state index in [0.717, 1.165) is 27.0 Å². The molecule has 4 aromatic rings. The molecule has 8 nitrogen and oxygen atoms in total. The summed E-state index contributed by atoms with van der Waals surface area (Å²) in [6.45, 7) is 5.99. The second-order valence-electron chi connectivity index (χ2n) is 5.90. The second-order valence-corrected chi connectivity index (χ2v) is 7.85. The lowest BCUT2D eigenvalue weighted by Gasteiger charge is -2.07. The second kappa shape index (κ2) is 7.64. The smallest absolute Gasteiger partial charge is 0.348 e. The maximum absolute atomic E-state index is 12.2. The molecule has 0 aliphatic carbocycles. The number of aromatic nitrogens is 6. The summed E-state index contributed by atoms with van der Waals surface area (Å²) in [4.78, 5) is 22.2. The van der Waals surface area contributed by atoms with Gasteiger partial charge in [-0.1, -0.05) is 18.2 Å². The van der Waals surface area contributed by atoms with Gasteiger partial charge in [0.05, 0.1) is 12.3 Å². The first kappa shape index (κ1) is 18.5. The molecule has 1 aromatic carbocycles. The average molecular weight is 413 g/mol. The Labute approximate surface area is 169 Å². The lowest BCUT2D eigenvalue weighted by molar-refractivity contribution is 0.0531. The molecule has 3 aromatic heterocycles. The highest BCUT2D eigenvalue weighted by atomic mass is 32.2. The fourth-order valence-electron chi connectivity index (χ4n) is 2.79. The molecule has 0 saturated heterocycles. The van der Waals surface area contributed by atoms with E-state index in [0.29, 0.717) is 21.7 Å². The van der Waals surface area contributed by atoms with Gasteiger partial charge in [0.15, 0.2) is 0 Å². The normalized spacial score (nSPS) is 11.1. The molecule has 0 unspecified atom stereocenters. The minimum atomic E-state index is -0.344. The molecule has 4 rings (SSSR count). The predicted molar refractivity (Wildman–Crippen MR) is 106 cm³/mol. The van der Waals surface area contributed by atoms with Crippen LogP contribution in [0.4, 0.5) is 0 Å². The Balaban J connectivity index is 1.77. The van der Waals surface area contributed by atoms with Crippen LogP contribution < -0.4 is 0 Å². The number of carbonyl (C=O) groups is 1. The van der Waals surface area contributed by atoms with E-state index < -0.39 is 0 Å². The Bertz CT molecular complexity index is 1170. The molecule has 0 aliphatic heterocycles. The van der Waals surface area contributed by atoms with E-state index in [-0.39, 0.29) is 5.97 Å². The number of para-hydroxylation sites is 1. The van der Waals surface area contributed by atoms with Crippen LogP contribution in [0.5, 0.6) is 0 Å². The highest BCUT2D eigenvalue weighted by Gasteiger charge is 2.22. The summed E-state index contributed by atoms with van der Waals surface area (Å²) in [6.07, 6.45) is 1.48. The van der Waals surface area contributed by atoms with Crippen LogP contribution in [0.15, 0.2) is 40.8 Å². The van der Waals surface area contributed by atoms with Gasteiger partial charge < -0.3 is 4.74 Å². The third kappa shape index (κ3) is 3.25. The van der Waals surface area contributed by atoms with Crippen molar-refractivity contribution in [3.05, 3.63) is 46.6 Å². The third-order valence-electron chi connectivity index (χ3n) is 4.13. The molecule has 0 fully saturated rings. The molecular weight excluding hydrogens is 396 g/mol. The maximum Gasteiger partial charge on any atom is 0.348 e. The van der Waals surface area contributed by atoms with Crippen LogP contribution in [0.2, 0.25) is 0 Å². The van der Waals surface area contributed by atoms with Gasteiger partial charge in [0.25, 0.3) is 0 Å². The van der Waals surface area contributed by atoms with Gasteiger partial charge in [0.1, 0.15) is 21.1 Å². The van der Waals surface area contributed by atoms with E-state index in [4.69, 9.17) is 4.74 Å². The van der Waals surface area contributed by atoms with E-state index in [2.05, 4.69) is 25.5 Å². The standard InChI is InChI=1S/C18H16N6O2S2/c1-4-26-17(25)14-11(3)13-15(27-14)19-9-20-16(13)28-18-21-22-23-24(18)12-8-6-5-7-10(12)2/h5-9H,4H2,1-3H3. The quantitative estimate of drug-likeness (QED) is 0.362. The van der Waals surface area contributed by atoms with Crippen LogP contribution in [0.1, 0.15) is 27.7 Å². The fourth-order valence-corrected chi connectivity index (χ4v) is 4.82. The van der Waals surface area contributed by atoms with E-state index >= 15 is 0 Å². The van der Waals surface area contributed by atoms with E-state index in [9.17, 15) is 4.79 Å². The van der Waals surface area contributed by atoms with Gasteiger partial charge in [-0.15, -0.1) is 16.4 Å². The van der Waals surface area contributed by atoms with Gasteiger partial charge in [0.2, 0.25) is 5.16 Å². The zero-order chi connectivity index (χ0) is 19.7. The number of ether oxygens (including phenoxy) is 1. The summed E-state index contributed by atoms with van der Waals surface area (Å²) in [6, 6.07) is 7.87. The first-order valence-corrected chi connectivity index (χ1v) is 10.2. The van der Waals surface area contributed by atoms with Crippen LogP contribution in [-0.4, -0.2) is 42.8 Å². The first-order valence-electron chi connectivity index (χ1n) is 8.53. The number of hydrogen-bond donors (Lipinski definition) is 0. The van der Waals surface area contributed by atoms with Gasteiger partial charge in [-0.25, -0.2) is 14.8 Å². The molecule has 28 heavy (non-hydrogen) atoms. The monoisotopic (exact) mass is 412 g/mol. The van der Waals surface area contributed by atoms with Crippen molar-refractivity contribution >= 4 is 39.3 Å². The number of esters is 1. The van der Waals surface area contributed by atoms with Crippen molar-refractivity contribution in [1.29, 1.82) is 0 Å². The zero-order valence-electron chi connectivity index (χ0n) is 15.4. The number of rotatable bonds is 5. The summed E-state index contributed by atoms with van der Waals surface area (Å²) in [5.41, 5.74) is 2.76. The molecule has 0 atom stereocenters. The Morgan fingerprint density at radius 3 is 2.86 bits per heavy atom. The maximum atomic E-state index is 12.2. The Morgan fingerprint density at radius 2 is 2.07 bits per heavy atom. The minimum Gasteiger partial charge on any atom is -0.462 e. The summed E-state index contributed by atoms with van der Waals surface area (Å²) < 4.78 is 6.84. The highest BCUT2D eigenvalue weighted by molar-refractivity contribution is 7.99. The summed E-state index contributed by atoms with van der Waals surface area (Å²) >= 11 is 2.64. The Hall–Kier alpha value is -2.85. The molecular formula is C18H16N6O2S2. The number of hydrogen-bond acceptors (Lipinski definition) is 9. The number of nitrogens with zero attached hydrogens (tertiary/aromatic N) is 6. The third-order valence-corrected chi connectivity index (χ3v) is 6.25. The average Bonchev–Trinajstić information content (AvgIpc) is 3.27. The Morgan fingerprint density at radius 1 is 1.25 bits per heavy atom. The molecule has 0 aliphatic rings. The number of tetrazole rings is 1. The summed E-state index contributed by atoms with van der Waals surface area (Å²) in [7, 11) is 0. The number of thiophene rings is 1. The molecule has 0 saturated carbocycles. The zero-order valence-corrected chi connectivity index (χ0v) is 17.0. The molecule has 0 bridgehead atoms. The van der Waals surface area contributed by atoms with E-state index in [1.807, 2.05) is 38.1 Å². The molecule has 0 radical (unpaired) electrons. The van der Waals surface area contributed by atoms with Crippen LogP contribution in [0, 0.1) is 13.8 Å². The van der Waals surface area contributed by atoms with Gasteiger partial charge in [-0.2, -0.15) is 4.68 Å². The SMILES string of the molecule is CCOC(=O)c1sc2ncnc(Sc3nnnn3-c3ccccc3C)c2c1C. The fraction of sp³-hybridized carbons (Fsp3) is 0.222. The molecule has 0 spiro atoms. The van der Waals surface area contributed by atoms with Crippen molar-refractivity contribution in [2.45, 2.75) is 31.0 Å². The van der Waals surface area contributed by atoms with E-state index in [1.165, 1.54) is 29.4 Å². The van der Waals surface area contributed by atoms with Crippen LogP contribution >= 0.6 is 23.1 Å². The number of fused-ring (bicyclic) bond motifs is 1. The minimum absolute atomic E-state index is 0.324. The predicted octanol–water partition coefficient (Wildman–Crippen LogP) is 3.61. The number of benzene rings is 1. The molecule has 3 heterocycles. The van der Waals surface area contributed by atoms with Crippen molar-refractivity contribution in [2.24, 2.45) is 0 Å². The van der Waals surface area contributed by atoms with Crippen molar-refractivity contribution in [1.82, 2.24) is 30.2 Å². The molecule has 142 valence electrons. The van der Waals surface area contributed by atoms with E-state index in [1.54, 1.807) is 11.6 Å². The molecule has 0 amide bonds. The lowest BCUT2D eigenvalue weighted by Crippen LogP contribution is -2.03. The van der Waals surface area contributed by atoms with Crippen molar-refractivity contribution in [3.63, 3.8) is 0 Å². The van der Waals surface area contributed by atoms with Crippen LogP contribution in [0.25, 0.3) is 15.9 Å². The van der Waals surface area contributed by atoms with Crippen molar-refractivity contribution < 1.29 is 9.53 Å². The topological polar surface area (TPSA) is 95.7 Å². The summed E-state index contributed by atoms with van der Waals surface area (Å²) in [5.74, 6) is -0.344. The van der Waals surface area contributed by atoms with Gasteiger partial charge >= 0.3 is 5.97 Å². The lowest BCUT2D eigenvalue weighted by atomic mass is 10.2. The Kier molecular flexibility index (Phi) is 5.05. The number of aryl methyl sites for hydroxylation is 2. The highest BCUT2D eigenvalue weighted by Crippen LogP contribution is 2.37. The van der Waals surface area contributed by atoms with Crippen molar-refractivity contribution in [3.8, 4) is 5.69 Å². The molecule has 0 N–H and O–H groups in total.